The van der Waals surface area contributed by atoms with Gasteiger partial charge in [-0.25, -0.2) is 4.79 Å². The summed E-state index contributed by atoms with van der Waals surface area (Å²) in [5, 5.41) is 5.98. The van der Waals surface area contributed by atoms with Crippen LogP contribution in [-0.4, -0.2) is 25.8 Å². The molecule has 0 saturated heterocycles. The molecule has 122 valence electrons. The van der Waals surface area contributed by atoms with Crippen LogP contribution in [0.15, 0.2) is 48.5 Å². The molecule has 5 nitrogen and oxygen atoms in total. The number of ether oxygens (including phenoxy) is 2. The average molecular weight is 335 g/mol. The fraction of sp³-hybridized carbons (Fsp3) is 0.235. The molecule has 0 aliphatic rings. The van der Waals surface area contributed by atoms with Gasteiger partial charge < -0.3 is 20.1 Å². The lowest BCUT2D eigenvalue weighted by molar-refractivity contribution is 0.247. The van der Waals surface area contributed by atoms with Gasteiger partial charge in [-0.2, -0.15) is 0 Å². The number of nitrogens with one attached hydrogen (secondary N) is 2. The second-order valence-corrected chi connectivity index (χ2v) is 5.08. The first-order chi connectivity index (χ1) is 11.2. The molecule has 0 saturated carbocycles. The quantitative estimate of drug-likeness (QED) is 0.754. The van der Waals surface area contributed by atoms with Crippen molar-refractivity contribution in [3.8, 4) is 11.5 Å². The lowest BCUT2D eigenvalue weighted by atomic mass is 10.3. The number of carbonyl (C=O) groups is 1. The molecule has 0 fully saturated rings. The lowest BCUT2D eigenvalue weighted by Crippen LogP contribution is -2.32. The Morgan fingerprint density at radius 2 is 1.78 bits per heavy atom. The second-order valence-electron chi connectivity index (χ2n) is 4.64. The summed E-state index contributed by atoms with van der Waals surface area (Å²) >= 11 is 5.85. The van der Waals surface area contributed by atoms with Gasteiger partial charge in [0.1, 0.15) is 18.1 Å². The Labute approximate surface area is 140 Å². The van der Waals surface area contributed by atoms with Gasteiger partial charge in [0.05, 0.1) is 13.2 Å². The molecule has 2 amide bonds. The molecule has 2 aromatic rings. The van der Waals surface area contributed by atoms with E-state index in [9.17, 15) is 4.79 Å². The molecule has 23 heavy (non-hydrogen) atoms. The largest absolute Gasteiger partial charge is 0.494 e. The van der Waals surface area contributed by atoms with Crippen LogP contribution >= 0.6 is 11.6 Å². The number of rotatable bonds is 7. The predicted octanol–water partition coefficient (Wildman–Crippen LogP) is 3.94. The van der Waals surface area contributed by atoms with Crippen molar-refractivity contribution in [2.24, 2.45) is 0 Å². The number of hydrogen-bond acceptors (Lipinski definition) is 3. The Balaban J connectivity index is 1.67. The van der Waals surface area contributed by atoms with Gasteiger partial charge in [-0.05, 0) is 49.4 Å². The molecule has 0 unspecified atom stereocenters. The molecule has 0 atom stereocenters. The molecule has 2 rings (SSSR count). The minimum atomic E-state index is -0.303. The van der Waals surface area contributed by atoms with Crippen LogP contribution in [0.3, 0.4) is 0 Å². The third-order valence-electron chi connectivity index (χ3n) is 2.87. The molecule has 0 radical (unpaired) electrons. The molecule has 0 aliphatic carbocycles. The normalized spacial score (nSPS) is 10.0. The van der Waals surface area contributed by atoms with Gasteiger partial charge in [-0.15, -0.1) is 0 Å². The van der Waals surface area contributed by atoms with Gasteiger partial charge in [0.25, 0.3) is 0 Å². The third kappa shape index (κ3) is 6.08. The van der Waals surface area contributed by atoms with Crippen LogP contribution in [0.4, 0.5) is 10.5 Å². The summed E-state index contributed by atoms with van der Waals surface area (Å²) in [4.78, 5) is 11.7. The number of benzene rings is 2. The highest BCUT2D eigenvalue weighted by Crippen LogP contribution is 2.17. The van der Waals surface area contributed by atoms with Crippen molar-refractivity contribution in [1.29, 1.82) is 0 Å². The third-order valence-corrected chi connectivity index (χ3v) is 3.11. The maximum atomic E-state index is 11.7. The molecular weight excluding hydrogens is 316 g/mol. The van der Waals surface area contributed by atoms with Crippen molar-refractivity contribution in [3.05, 3.63) is 53.6 Å². The summed E-state index contributed by atoms with van der Waals surface area (Å²) in [5.74, 6) is 1.53. The zero-order valence-electron chi connectivity index (χ0n) is 12.8. The van der Waals surface area contributed by atoms with Crippen molar-refractivity contribution in [2.45, 2.75) is 6.92 Å². The second kappa shape index (κ2) is 8.90. The summed E-state index contributed by atoms with van der Waals surface area (Å²) in [6, 6.07) is 14.0. The molecule has 2 N–H and O–H groups in total. The molecule has 0 aromatic heterocycles. The van der Waals surface area contributed by atoms with Crippen LogP contribution in [0.25, 0.3) is 0 Å². The highest BCUT2D eigenvalue weighted by Gasteiger charge is 2.02. The molecule has 6 heteroatoms. The van der Waals surface area contributed by atoms with E-state index >= 15 is 0 Å². The highest BCUT2D eigenvalue weighted by molar-refractivity contribution is 6.30. The Hall–Kier alpha value is -2.40. The molecule has 2 aromatic carbocycles. The van der Waals surface area contributed by atoms with Crippen molar-refractivity contribution in [3.63, 3.8) is 0 Å². The molecule has 0 aliphatic heterocycles. The van der Waals surface area contributed by atoms with Crippen molar-refractivity contribution < 1.29 is 14.3 Å². The molecule has 0 spiro atoms. The number of halogens is 1. The lowest BCUT2D eigenvalue weighted by Gasteiger charge is -2.10. The van der Waals surface area contributed by atoms with Gasteiger partial charge in [0.2, 0.25) is 0 Å². The van der Waals surface area contributed by atoms with E-state index in [2.05, 4.69) is 10.6 Å². The summed E-state index contributed by atoms with van der Waals surface area (Å²) in [6.07, 6.45) is 0. The Kier molecular flexibility index (Phi) is 6.56. The molecule has 0 bridgehead atoms. The molecular formula is C17H19ClN2O3. The van der Waals surface area contributed by atoms with Crippen LogP contribution in [0.2, 0.25) is 5.02 Å². The van der Waals surface area contributed by atoms with E-state index in [0.29, 0.717) is 30.5 Å². The minimum absolute atomic E-state index is 0.303. The first-order valence-electron chi connectivity index (χ1n) is 7.33. The number of hydrogen-bond donors (Lipinski definition) is 2. The number of urea groups is 1. The number of anilines is 1. The van der Waals surface area contributed by atoms with Crippen LogP contribution in [0, 0.1) is 0 Å². The minimum Gasteiger partial charge on any atom is -0.494 e. The van der Waals surface area contributed by atoms with Gasteiger partial charge in [0.15, 0.2) is 0 Å². The van der Waals surface area contributed by atoms with E-state index in [1.165, 1.54) is 0 Å². The zero-order chi connectivity index (χ0) is 16.5. The monoisotopic (exact) mass is 334 g/mol. The number of amides is 2. The van der Waals surface area contributed by atoms with Gasteiger partial charge in [-0.1, -0.05) is 17.7 Å². The van der Waals surface area contributed by atoms with E-state index in [0.717, 1.165) is 11.5 Å². The fourth-order valence-corrected chi connectivity index (χ4v) is 2.06. The van der Waals surface area contributed by atoms with E-state index < -0.39 is 0 Å². The van der Waals surface area contributed by atoms with Crippen LogP contribution in [0.5, 0.6) is 11.5 Å². The first-order valence-corrected chi connectivity index (χ1v) is 7.71. The average Bonchev–Trinajstić information content (AvgIpc) is 2.53. The van der Waals surface area contributed by atoms with E-state index in [4.69, 9.17) is 21.1 Å². The van der Waals surface area contributed by atoms with Gasteiger partial charge in [-0.3, -0.25) is 0 Å². The maximum Gasteiger partial charge on any atom is 0.319 e. The van der Waals surface area contributed by atoms with Crippen LogP contribution in [-0.2, 0) is 0 Å². The van der Waals surface area contributed by atoms with E-state index in [1.54, 1.807) is 24.3 Å². The standard InChI is InChI=1S/C17H19ClN2O3/c1-2-22-15-6-8-16(9-7-15)23-11-10-19-17(21)20-14-5-3-4-13(18)12-14/h3-9,12H,2,10-11H2,1H3,(H2,19,20,21). The smallest absolute Gasteiger partial charge is 0.319 e. The highest BCUT2D eigenvalue weighted by atomic mass is 35.5. The summed E-state index contributed by atoms with van der Waals surface area (Å²) < 4.78 is 10.9. The first kappa shape index (κ1) is 17.0. The summed E-state index contributed by atoms with van der Waals surface area (Å²) in [7, 11) is 0. The van der Waals surface area contributed by atoms with Gasteiger partial charge >= 0.3 is 6.03 Å². The van der Waals surface area contributed by atoms with Gasteiger partial charge in [0, 0.05) is 10.7 Å². The Morgan fingerprint density at radius 1 is 1.09 bits per heavy atom. The van der Waals surface area contributed by atoms with Crippen molar-refractivity contribution >= 4 is 23.3 Å². The van der Waals surface area contributed by atoms with E-state index in [-0.39, 0.29) is 6.03 Å². The Morgan fingerprint density at radius 3 is 2.43 bits per heavy atom. The predicted molar refractivity (Wildman–Crippen MR) is 91.6 cm³/mol. The topological polar surface area (TPSA) is 59.6 Å². The van der Waals surface area contributed by atoms with Crippen LogP contribution in [0.1, 0.15) is 6.92 Å². The summed E-state index contributed by atoms with van der Waals surface area (Å²) in [6.45, 7) is 3.33. The van der Waals surface area contributed by atoms with E-state index in [1.807, 2.05) is 31.2 Å². The maximum absolute atomic E-state index is 11.7. The van der Waals surface area contributed by atoms with Crippen molar-refractivity contribution in [2.75, 3.05) is 25.1 Å². The number of carbonyl (C=O) groups excluding carboxylic acids is 1. The van der Waals surface area contributed by atoms with Crippen molar-refractivity contribution in [1.82, 2.24) is 5.32 Å². The Bertz CT molecular complexity index is 632. The van der Waals surface area contributed by atoms with Crippen LogP contribution < -0.4 is 20.1 Å². The summed E-state index contributed by atoms with van der Waals surface area (Å²) in [5.41, 5.74) is 0.641. The molecule has 0 heterocycles. The fourth-order valence-electron chi connectivity index (χ4n) is 1.87. The SMILES string of the molecule is CCOc1ccc(OCCNC(=O)Nc2cccc(Cl)c2)cc1. The zero-order valence-corrected chi connectivity index (χ0v) is 13.6.